The van der Waals surface area contributed by atoms with Crippen molar-refractivity contribution in [2.45, 2.75) is 5.75 Å². The molecular formula is C18H20F2N2O3S. The van der Waals surface area contributed by atoms with Gasteiger partial charge in [0.2, 0.25) is 10.0 Å². The number of piperazine rings is 1. The summed E-state index contributed by atoms with van der Waals surface area (Å²) in [5, 5.41) is 0. The molecule has 140 valence electrons. The van der Waals surface area contributed by atoms with E-state index in [9.17, 15) is 17.2 Å². The molecule has 3 rings (SSSR count). The van der Waals surface area contributed by atoms with Crippen LogP contribution in [0.1, 0.15) is 5.56 Å². The maximum absolute atomic E-state index is 13.8. The molecular weight excluding hydrogens is 362 g/mol. The second-order valence-corrected chi connectivity index (χ2v) is 8.02. The third-order valence-electron chi connectivity index (χ3n) is 4.41. The number of hydrogen-bond donors (Lipinski definition) is 0. The lowest BCUT2D eigenvalue weighted by Crippen LogP contribution is -2.49. The molecule has 0 amide bonds. The van der Waals surface area contributed by atoms with Crippen LogP contribution < -0.4 is 9.64 Å². The van der Waals surface area contributed by atoms with E-state index in [1.165, 1.54) is 10.4 Å². The third kappa shape index (κ3) is 3.96. The maximum Gasteiger partial charge on any atom is 0.218 e. The number of benzene rings is 2. The van der Waals surface area contributed by atoms with Gasteiger partial charge in [-0.05, 0) is 18.2 Å². The predicted molar refractivity (Wildman–Crippen MR) is 95.8 cm³/mol. The van der Waals surface area contributed by atoms with Crippen LogP contribution in [0.3, 0.4) is 0 Å². The Labute approximate surface area is 151 Å². The number of sulfonamides is 1. The highest BCUT2D eigenvalue weighted by atomic mass is 32.2. The molecule has 0 radical (unpaired) electrons. The van der Waals surface area contributed by atoms with E-state index in [4.69, 9.17) is 4.74 Å². The van der Waals surface area contributed by atoms with Gasteiger partial charge in [0.15, 0.2) is 0 Å². The summed E-state index contributed by atoms with van der Waals surface area (Å²) in [6, 6.07) is 10.5. The summed E-state index contributed by atoms with van der Waals surface area (Å²) >= 11 is 0. The maximum atomic E-state index is 13.8. The van der Waals surface area contributed by atoms with Crippen molar-refractivity contribution in [2.24, 2.45) is 0 Å². The number of para-hydroxylation sites is 2. The fourth-order valence-corrected chi connectivity index (χ4v) is 4.55. The fraction of sp³-hybridized carbons (Fsp3) is 0.333. The minimum absolute atomic E-state index is 0.0291. The summed E-state index contributed by atoms with van der Waals surface area (Å²) in [7, 11) is -2.09. The van der Waals surface area contributed by atoms with Gasteiger partial charge in [0, 0.05) is 37.8 Å². The summed E-state index contributed by atoms with van der Waals surface area (Å²) in [6.07, 6.45) is 0. The van der Waals surface area contributed by atoms with Gasteiger partial charge in [0.25, 0.3) is 0 Å². The predicted octanol–water partition coefficient (Wildman–Crippen LogP) is 2.63. The summed E-state index contributed by atoms with van der Waals surface area (Å²) in [5.74, 6) is -1.32. The lowest BCUT2D eigenvalue weighted by Gasteiger charge is -2.36. The highest BCUT2D eigenvalue weighted by Crippen LogP contribution is 2.29. The van der Waals surface area contributed by atoms with Gasteiger partial charge in [0.1, 0.15) is 17.4 Å². The van der Waals surface area contributed by atoms with Gasteiger partial charge in [-0.3, -0.25) is 0 Å². The van der Waals surface area contributed by atoms with Crippen molar-refractivity contribution < 1.29 is 21.9 Å². The van der Waals surface area contributed by atoms with Crippen LogP contribution in [0.15, 0.2) is 42.5 Å². The van der Waals surface area contributed by atoms with Gasteiger partial charge in [-0.15, -0.1) is 0 Å². The number of methoxy groups -OCH3 is 1. The van der Waals surface area contributed by atoms with Crippen molar-refractivity contribution in [1.29, 1.82) is 0 Å². The second-order valence-electron chi connectivity index (χ2n) is 6.05. The molecule has 8 heteroatoms. The Morgan fingerprint density at radius 3 is 2.38 bits per heavy atom. The van der Waals surface area contributed by atoms with E-state index in [0.29, 0.717) is 32.2 Å². The Kier molecular flexibility index (Phi) is 5.43. The molecule has 0 bridgehead atoms. The van der Waals surface area contributed by atoms with Crippen molar-refractivity contribution in [1.82, 2.24) is 4.31 Å². The average molecular weight is 382 g/mol. The number of anilines is 1. The lowest BCUT2D eigenvalue weighted by atomic mass is 10.2. The molecule has 0 spiro atoms. The largest absolute Gasteiger partial charge is 0.495 e. The highest BCUT2D eigenvalue weighted by molar-refractivity contribution is 7.88. The topological polar surface area (TPSA) is 49.9 Å². The minimum Gasteiger partial charge on any atom is -0.495 e. The Hall–Kier alpha value is -2.19. The molecule has 1 heterocycles. The van der Waals surface area contributed by atoms with E-state index in [1.54, 1.807) is 7.11 Å². The van der Waals surface area contributed by atoms with E-state index in [2.05, 4.69) is 4.90 Å². The van der Waals surface area contributed by atoms with E-state index in [1.807, 2.05) is 24.3 Å². The molecule has 0 saturated carbocycles. The minimum atomic E-state index is -3.68. The molecule has 26 heavy (non-hydrogen) atoms. The lowest BCUT2D eigenvalue weighted by molar-refractivity contribution is 0.377. The smallest absolute Gasteiger partial charge is 0.218 e. The summed E-state index contributed by atoms with van der Waals surface area (Å²) < 4.78 is 58.6. The van der Waals surface area contributed by atoms with Gasteiger partial charge >= 0.3 is 0 Å². The number of nitrogens with zero attached hydrogens (tertiary/aromatic N) is 2. The number of ether oxygens (including phenoxy) is 1. The Morgan fingerprint density at radius 2 is 1.73 bits per heavy atom. The van der Waals surface area contributed by atoms with Crippen molar-refractivity contribution in [3.63, 3.8) is 0 Å². The SMILES string of the molecule is COc1ccccc1N1CCN(S(=O)(=O)Cc2ccc(F)cc2F)CC1. The van der Waals surface area contributed by atoms with E-state index in [0.717, 1.165) is 17.5 Å². The molecule has 2 aromatic rings. The zero-order valence-electron chi connectivity index (χ0n) is 14.4. The molecule has 0 atom stereocenters. The molecule has 2 aromatic carbocycles. The molecule has 0 aliphatic carbocycles. The van der Waals surface area contributed by atoms with Crippen LogP contribution in [0, 0.1) is 11.6 Å². The molecule has 1 aliphatic heterocycles. The number of hydrogen-bond acceptors (Lipinski definition) is 4. The zero-order chi connectivity index (χ0) is 18.7. The number of rotatable bonds is 5. The van der Waals surface area contributed by atoms with Crippen molar-refractivity contribution >= 4 is 15.7 Å². The van der Waals surface area contributed by atoms with Gasteiger partial charge in [0.05, 0.1) is 18.6 Å². The third-order valence-corrected chi connectivity index (χ3v) is 6.24. The fourth-order valence-electron chi connectivity index (χ4n) is 3.02. The summed E-state index contributed by atoms with van der Waals surface area (Å²) in [5.41, 5.74) is 0.884. The number of halogens is 2. The van der Waals surface area contributed by atoms with Gasteiger partial charge in [-0.2, -0.15) is 4.31 Å². The van der Waals surface area contributed by atoms with E-state index in [-0.39, 0.29) is 5.56 Å². The van der Waals surface area contributed by atoms with E-state index >= 15 is 0 Å². The van der Waals surface area contributed by atoms with Gasteiger partial charge in [-0.1, -0.05) is 18.2 Å². The Bertz CT molecular complexity index is 882. The molecule has 1 aliphatic rings. The van der Waals surface area contributed by atoms with Crippen molar-refractivity contribution in [3.05, 3.63) is 59.7 Å². The molecule has 5 nitrogen and oxygen atoms in total. The van der Waals surface area contributed by atoms with Crippen LogP contribution in [-0.2, 0) is 15.8 Å². The van der Waals surface area contributed by atoms with Crippen LogP contribution in [0.5, 0.6) is 5.75 Å². The van der Waals surface area contributed by atoms with Crippen molar-refractivity contribution in [2.75, 3.05) is 38.2 Å². The standard InChI is InChI=1S/C18H20F2N2O3S/c1-25-18-5-3-2-4-17(18)21-8-10-22(11-9-21)26(23,24)13-14-6-7-15(19)12-16(14)20/h2-7,12H,8-11,13H2,1H3. The van der Waals surface area contributed by atoms with Gasteiger partial charge < -0.3 is 9.64 Å². The molecule has 0 N–H and O–H groups in total. The molecule has 1 fully saturated rings. The van der Waals surface area contributed by atoms with E-state index < -0.39 is 27.4 Å². The second kappa shape index (κ2) is 7.59. The zero-order valence-corrected chi connectivity index (χ0v) is 15.2. The summed E-state index contributed by atoms with van der Waals surface area (Å²) in [6.45, 7) is 1.60. The van der Waals surface area contributed by atoms with Crippen LogP contribution >= 0.6 is 0 Å². The molecule has 0 unspecified atom stereocenters. The monoisotopic (exact) mass is 382 g/mol. The first-order chi connectivity index (χ1) is 12.4. The van der Waals surface area contributed by atoms with Crippen LogP contribution in [0.2, 0.25) is 0 Å². The van der Waals surface area contributed by atoms with Crippen molar-refractivity contribution in [3.8, 4) is 5.75 Å². The first-order valence-corrected chi connectivity index (χ1v) is 9.81. The molecule has 0 aromatic heterocycles. The quantitative estimate of drug-likeness (QED) is 0.798. The summed E-state index contributed by atoms with van der Waals surface area (Å²) in [4.78, 5) is 2.06. The first kappa shape index (κ1) is 18.6. The highest BCUT2D eigenvalue weighted by Gasteiger charge is 2.28. The Morgan fingerprint density at radius 1 is 1.04 bits per heavy atom. The van der Waals surface area contributed by atoms with Gasteiger partial charge in [-0.25, -0.2) is 17.2 Å². The molecule has 1 saturated heterocycles. The van der Waals surface area contributed by atoms with Crippen LogP contribution in [-0.4, -0.2) is 46.0 Å². The normalized spacial score (nSPS) is 15.9. The van der Waals surface area contributed by atoms with Crippen LogP contribution in [0.4, 0.5) is 14.5 Å². The average Bonchev–Trinajstić information content (AvgIpc) is 2.64. The Balaban J connectivity index is 1.68. The van der Waals surface area contributed by atoms with Crippen LogP contribution in [0.25, 0.3) is 0 Å². The first-order valence-electron chi connectivity index (χ1n) is 8.20.